The Hall–Kier alpha value is -1.19. The SMILES string of the molecule is Cc1cc(C(=O)c2ccc(Cl)s2)ccn1. The normalized spacial score (nSPS) is 10.3. The van der Waals surface area contributed by atoms with E-state index >= 15 is 0 Å². The molecule has 0 saturated carbocycles. The van der Waals surface area contributed by atoms with Crippen molar-refractivity contribution in [1.29, 1.82) is 0 Å². The lowest BCUT2D eigenvalue weighted by atomic mass is 10.1. The van der Waals surface area contributed by atoms with Crippen LogP contribution in [0.1, 0.15) is 20.9 Å². The monoisotopic (exact) mass is 237 g/mol. The number of nitrogens with zero attached hydrogens (tertiary/aromatic N) is 1. The average Bonchev–Trinajstić information content (AvgIpc) is 2.64. The zero-order chi connectivity index (χ0) is 10.8. The number of aryl methyl sites for hydroxylation is 1. The van der Waals surface area contributed by atoms with Crippen molar-refractivity contribution in [3.05, 3.63) is 50.9 Å². The van der Waals surface area contributed by atoms with E-state index in [-0.39, 0.29) is 5.78 Å². The van der Waals surface area contributed by atoms with Gasteiger partial charge in [0.25, 0.3) is 0 Å². The van der Waals surface area contributed by atoms with Gasteiger partial charge in [-0.2, -0.15) is 0 Å². The molecular weight excluding hydrogens is 230 g/mol. The van der Waals surface area contributed by atoms with Crippen molar-refractivity contribution >= 4 is 28.7 Å². The lowest BCUT2D eigenvalue weighted by molar-refractivity contribution is 0.104. The van der Waals surface area contributed by atoms with E-state index < -0.39 is 0 Å². The molecule has 4 heteroatoms. The Balaban J connectivity index is 2.36. The molecule has 2 aromatic heterocycles. The lowest BCUT2D eigenvalue weighted by Gasteiger charge is -1.98. The van der Waals surface area contributed by atoms with Gasteiger partial charge in [-0.15, -0.1) is 11.3 Å². The second kappa shape index (κ2) is 4.13. The molecule has 2 heterocycles. The highest BCUT2D eigenvalue weighted by Gasteiger charge is 2.11. The first-order chi connectivity index (χ1) is 7.16. The number of ketones is 1. The molecule has 15 heavy (non-hydrogen) atoms. The molecule has 0 N–H and O–H groups in total. The summed E-state index contributed by atoms with van der Waals surface area (Å²) in [5.74, 6) is -0.00241. The van der Waals surface area contributed by atoms with Gasteiger partial charge < -0.3 is 0 Å². The first kappa shape index (κ1) is 10.3. The van der Waals surface area contributed by atoms with Crippen LogP contribution in [-0.2, 0) is 0 Å². The summed E-state index contributed by atoms with van der Waals surface area (Å²) in [6, 6.07) is 6.96. The largest absolute Gasteiger partial charge is 0.288 e. The maximum atomic E-state index is 11.9. The van der Waals surface area contributed by atoms with Crippen molar-refractivity contribution in [2.75, 3.05) is 0 Å². The van der Waals surface area contributed by atoms with E-state index in [9.17, 15) is 4.79 Å². The Bertz CT molecular complexity index is 507. The molecule has 0 spiro atoms. The first-order valence-corrected chi connectivity index (χ1v) is 5.59. The zero-order valence-corrected chi connectivity index (χ0v) is 9.60. The van der Waals surface area contributed by atoms with E-state index in [0.29, 0.717) is 14.8 Å². The Morgan fingerprint density at radius 1 is 1.40 bits per heavy atom. The number of hydrogen-bond acceptors (Lipinski definition) is 3. The fraction of sp³-hybridized carbons (Fsp3) is 0.0909. The van der Waals surface area contributed by atoms with Crippen LogP contribution >= 0.6 is 22.9 Å². The third-order valence-electron chi connectivity index (χ3n) is 1.96. The van der Waals surface area contributed by atoms with Crippen molar-refractivity contribution in [2.24, 2.45) is 0 Å². The molecule has 0 fully saturated rings. The van der Waals surface area contributed by atoms with Crippen LogP contribution in [-0.4, -0.2) is 10.8 Å². The van der Waals surface area contributed by atoms with Crippen LogP contribution in [0.25, 0.3) is 0 Å². The van der Waals surface area contributed by atoms with E-state index in [0.717, 1.165) is 5.69 Å². The van der Waals surface area contributed by atoms with E-state index in [2.05, 4.69) is 4.98 Å². The molecule has 0 amide bonds. The van der Waals surface area contributed by atoms with Crippen LogP contribution < -0.4 is 0 Å². The van der Waals surface area contributed by atoms with Gasteiger partial charge in [-0.25, -0.2) is 0 Å². The van der Waals surface area contributed by atoms with Crippen molar-refractivity contribution in [3.8, 4) is 0 Å². The molecule has 2 rings (SSSR count). The van der Waals surface area contributed by atoms with Gasteiger partial charge in [0.2, 0.25) is 5.78 Å². The molecule has 0 atom stereocenters. The smallest absolute Gasteiger partial charge is 0.203 e. The molecule has 0 saturated heterocycles. The maximum absolute atomic E-state index is 11.9. The summed E-state index contributed by atoms with van der Waals surface area (Å²) < 4.78 is 0.629. The van der Waals surface area contributed by atoms with Crippen LogP contribution in [0.3, 0.4) is 0 Å². The van der Waals surface area contributed by atoms with Gasteiger partial charge in [0.05, 0.1) is 9.21 Å². The highest BCUT2D eigenvalue weighted by molar-refractivity contribution is 7.18. The third kappa shape index (κ3) is 2.25. The highest BCUT2D eigenvalue weighted by Crippen LogP contribution is 2.23. The number of hydrogen-bond donors (Lipinski definition) is 0. The number of pyridine rings is 1. The number of halogens is 1. The molecule has 76 valence electrons. The summed E-state index contributed by atoms with van der Waals surface area (Å²) in [7, 11) is 0. The summed E-state index contributed by atoms with van der Waals surface area (Å²) >= 11 is 7.07. The van der Waals surface area contributed by atoms with E-state index in [1.165, 1.54) is 11.3 Å². The summed E-state index contributed by atoms with van der Waals surface area (Å²) in [6.45, 7) is 1.86. The van der Waals surface area contributed by atoms with Gasteiger partial charge in [0.1, 0.15) is 0 Å². The quantitative estimate of drug-likeness (QED) is 0.750. The molecule has 0 bridgehead atoms. The predicted octanol–water partition coefficient (Wildman–Crippen LogP) is 3.34. The highest BCUT2D eigenvalue weighted by atomic mass is 35.5. The van der Waals surface area contributed by atoms with Crippen molar-refractivity contribution < 1.29 is 4.79 Å². The fourth-order valence-electron chi connectivity index (χ4n) is 1.27. The topological polar surface area (TPSA) is 30.0 Å². The van der Waals surface area contributed by atoms with Crippen LogP contribution in [0.15, 0.2) is 30.5 Å². The predicted molar refractivity (Wildman–Crippen MR) is 61.7 cm³/mol. The molecule has 0 aliphatic rings. The maximum Gasteiger partial charge on any atom is 0.203 e. The van der Waals surface area contributed by atoms with Gasteiger partial charge >= 0.3 is 0 Å². The second-order valence-corrected chi connectivity index (χ2v) is 4.83. The Kier molecular flexibility index (Phi) is 2.84. The second-order valence-electron chi connectivity index (χ2n) is 3.12. The van der Waals surface area contributed by atoms with Gasteiger partial charge in [0.15, 0.2) is 0 Å². The van der Waals surface area contributed by atoms with Crippen LogP contribution in [0.5, 0.6) is 0 Å². The molecule has 2 aromatic rings. The van der Waals surface area contributed by atoms with E-state index in [4.69, 9.17) is 11.6 Å². The van der Waals surface area contributed by atoms with Crippen LogP contribution in [0.4, 0.5) is 0 Å². The Morgan fingerprint density at radius 3 is 2.80 bits per heavy atom. The van der Waals surface area contributed by atoms with Crippen molar-refractivity contribution in [2.45, 2.75) is 6.92 Å². The van der Waals surface area contributed by atoms with Crippen molar-refractivity contribution in [1.82, 2.24) is 4.98 Å². The van der Waals surface area contributed by atoms with Crippen LogP contribution in [0.2, 0.25) is 4.34 Å². The summed E-state index contributed by atoms with van der Waals surface area (Å²) in [5.41, 5.74) is 1.49. The first-order valence-electron chi connectivity index (χ1n) is 4.39. The molecule has 0 unspecified atom stereocenters. The fourth-order valence-corrected chi connectivity index (χ4v) is 2.27. The number of rotatable bonds is 2. The molecule has 0 aliphatic carbocycles. The number of aromatic nitrogens is 1. The Morgan fingerprint density at radius 2 is 2.20 bits per heavy atom. The van der Waals surface area contributed by atoms with E-state index in [1.54, 1.807) is 30.5 Å². The molecular formula is C11H8ClNOS. The summed E-state index contributed by atoms with van der Waals surface area (Å²) in [5, 5.41) is 0. The van der Waals surface area contributed by atoms with Gasteiger partial charge in [-0.1, -0.05) is 11.6 Å². The minimum atomic E-state index is -0.00241. The molecule has 0 aliphatic heterocycles. The standard InChI is InChI=1S/C11H8ClNOS/c1-7-6-8(4-5-13-7)11(14)9-2-3-10(12)15-9/h2-6H,1H3. The van der Waals surface area contributed by atoms with E-state index in [1.807, 2.05) is 6.92 Å². The average molecular weight is 238 g/mol. The third-order valence-corrected chi connectivity index (χ3v) is 3.19. The van der Waals surface area contributed by atoms with Gasteiger partial charge in [0, 0.05) is 17.5 Å². The number of carbonyl (C=O) groups is 1. The minimum Gasteiger partial charge on any atom is -0.288 e. The zero-order valence-electron chi connectivity index (χ0n) is 8.03. The van der Waals surface area contributed by atoms with Gasteiger partial charge in [-0.05, 0) is 31.2 Å². The number of carbonyl (C=O) groups excluding carboxylic acids is 1. The molecule has 0 aromatic carbocycles. The van der Waals surface area contributed by atoms with Crippen molar-refractivity contribution in [3.63, 3.8) is 0 Å². The number of thiophene rings is 1. The Labute approximate surface area is 96.5 Å². The van der Waals surface area contributed by atoms with Gasteiger partial charge in [-0.3, -0.25) is 9.78 Å². The minimum absolute atomic E-state index is 0.00241. The molecule has 2 nitrogen and oxygen atoms in total. The summed E-state index contributed by atoms with van der Waals surface area (Å²) in [4.78, 5) is 16.6. The lowest BCUT2D eigenvalue weighted by Crippen LogP contribution is -1.99. The summed E-state index contributed by atoms with van der Waals surface area (Å²) in [6.07, 6.45) is 1.64. The molecule has 0 radical (unpaired) electrons. The van der Waals surface area contributed by atoms with Crippen LogP contribution in [0, 0.1) is 6.92 Å².